The maximum absolute atomic E-state index is 13.0. The van der Waals surface area contributed by atoms with Gasteiger partial charge in [-0.15, -0.1) is 0 Å². The minimum absolute atomic E-state index is 0.136. The number of benzene rings is 1. The Balaban J connectivity index is 2.17. The Labute approximate surface area is 134 Å². The van der Waals surface area contributed by atoms with E-state index in [0.717, 1.165) is 31.7 Å². The summed E-state index contributed by atoms with van der Waals surface area (Å²) >= 11 is 5.68. The summed E-state index contributed by atoms with van der Waals surface area (Å²) in [6.07, 6.45) is -0.407. The molecule has 1 aromatic rings. The van der Waals surface area contributed by atoms with Gasteiger partial charge in [-0.1, -0.05) is 31.4 Å². The van der Waals surface area contributed by atoms with Crippen LogP contribution in [0.5, 0.6) is 0 Å². The van der Waals surface area contributed by atoms with Crippen LogP contribution in [0, 0.1) is 5.92 Å². The van der Waals surface area contributed by atoms with Crippen molar-refractivity contribution in [1.82, 2.24) is 0 Å². The molecular formula is C16H22ClF3N2. The minimum atomic E-state index is -4.43. The van der Waals surface area contributed by atoms with Crippen molar-refractivity contribution in [2.45, 2.75) is 44.8 Å². The van der Waals surface area contributed by atoms with Crippen molar-refractivity contribution in [3.05, 3.63) is 28.8 Å². The fourth-order valence-electron chi connectivity index (χ4n) is 2.98. The van der Waals surface area contributed by atoms with Gasteiger partial charge >= 0.3 is 6.18 Å². The highest BCUT2D eigenvalue weighted by Crippen LogP contribution is 2.37. The third-order valence-corrected chi connectivity index (χ3v) is 4.67. The van der Waals surface area contributed by atoms with Gasteiger partial charge in [0.25, 0.3) is 0 Å². The Hall–Kier alpha value is -0.940. The molecule has 6 heteroatoms. The molecule has 1 aliphatic heterocycles. The van der Waals surface area contributed by atoms with E-state index in [1.165, 1.54) is 6.07 Å². The number of hydrogen-bond donors (Lipinski definition) is 1. The lowest BCUT2D eigenvalue weighted by Crippen LogP contribution is -2.47. The fraction of sp³-hybridized carbons (Fsp3) is 0.625. The number of unbranched alkanes of at least 4 members (excludes halogenated alkanes) is 1. The lowest BCUT2D eigenvalue weighted by Gasteiger charge is -2.38. The number of alkyl halides is 3. The molecule has 1 fully saturated rings. The molecule has 2 rings (SSSR count). The van der Waals surface area contributed by atoms with Crippen LogP contribution >= 0.6 is 11.6 Å². The Morgan fingerprint density at radius 2 is 2.09 bits per heavy atom. The maximum Gasteiger partial charge on any atom is 0.417 e. The van der Waals surface area contributed by atoms with Crippen LogP contribution in [0.4, 0.5) is 18.9 Å². The Kier molecular flexibility index (Phi) is 5.61. The van der Waals surface area contributed by atoms with Crippen molar-refractivity contribution in [3.8, 4) is 0 Å². The quantitative estimate of drug-likeness (QED) is 0.864. The van der Waals surface area contributed by atoms with E-state index in [4.69, 9.17) is 17.3 Å². The highest BCUT2D eigenvalue weighted by atomic mass is 35.5. The van der Waals surface area contributed by atoms with Crippen molar-refractivity contribution < 1.29 is 13.2 Å². The summed E-state index contributed by atoms with van der Waals surface area (Å²) in [4.78, 5) is 2.00. The topological polar surface area (TPSA) is 29.3 Å². The molecule has 0 unspecified atom stereocenters. The number of halogens is 4. The number of piperidine rings is 1. The number of nitrogens with two attached hydrogens (primary N) is 1. The van der Waals surface area contributed by atoms with Gasteiger partial charge in [0.05, 0.1) is 10.6 Å². The Bertz CT molecular complexity index is 505. The summed E-state index contributed by atoms with van der Waals surface area (Å²) < 4.78 is 38.9. The van der Waals surface area contributed by atoms with E-state index in [-0.39, 0.29) is 11.1 Å². The number of nitrogens with zero attached hydrogens (tertiary/aromatic N) is 1. The molecule has 0 radical (unpaired) electrons. The molecular weight excluding hydrogens is 313 g/mol. The van der Waals surface area contributed by atoms with E-state index in [9.17, 15) is 13.2 Å². The third kappa shape index (κ3) is 4.07. The second-order valence-corrected chi connectivity index (χ2v) is 6.37. The molecule has 2 N–H and O–H groups in total. The number of rotatable bonds is 4. The Morgan fingerprint density at radius 1 is 1.36 bits per heavy atom. The van der Waals surface area contributed by atoms with Gasteiger partial charge in [0.1, 0.15) is 0 Å². The smallest absolute Gasteiger partial charge is 0.371 e. The molecule has 22 heavy (non-hydrogen) atoms. The van der Waals surface area contributed by atoms with Crippen LogP contribution in [0.25, 0.3) is 0 Å². The van der Waals surface area contributed by atoms with Crippen molar-refractivity contribution in [1.29, 1.82) is 0 Å². The summed E-state index contributed by atoms with van der Waals surface area (Å²) in [7, 11) is 0. The molecule has 0 spiro atoms. The molecule has 124 valence electrons. The maximum atomic E-state index is 13.0. The van der Waals surface area contributed by atoms with Crippen molar-refractivity contribution >= 4 is 17.3 Å². The SMILES string of the molecule is CCCC[C@H]1CN(c2ccc(Cl)c(C(F)(F)F)c2)CC[C@H]1N. The average molecular weight is 335 g/mol. The normalized spacial score (nSPS) is 22.9. The second kappa shape index (κ2) is 7.09. The first kappa shape index (κ1) is 17.4. The molecule has 1 aromatic carbocycles. The van der Waals surface area contributed by atoms with Crippen LogP contribution in [0.3, 0.4) is 0 Å². The average Bonchev–Trinajstić information content (AvgIpc) is 2.46. The van der Waals surface area contributed by atoms with E-state index in [0.29, 0.717) is 24.7 Å². The van der Waals surface area contributed by atoms with E-state index in [1.807, 2.05) is 4.90 Å². The standard InChI is InChI=1S/C16H22ClF3N2/c1-2-3-4-11-10-22(8-7-15(11)21)12-5-6-14(17)13(9-12)16(18,19)20/h5-6,9,11,15H,2-4,7-8,10,21H2,1H3/t11-,15+/m0/s1. The van der Waals surface area contributed by atoms with Gasteiger partial charge in [0.2, 0.25) is 0 Å². The molecule has 0 saturated carbocycles. The molecule has 0 aliphatic carbocycles. The van der Waals surface area contributed by atoms with Crippen molar-refractivity contribution in [3.63, 3.8) is 0 Å². The first-order valence-electron chi connectivity index (χ1n) is 7.70. The van der Waals surface area contributed by atoms with Gasteiger partial charge in [-0.2, -0.15) is 13.2 Å². The first-order valence-corrected chi connectivity index (χ1v) is 8.08. The fourth-order valence-corrected chi connectivity index (χ4v) is 3.21. The van der Waals surface area contributed by atoms with Crippen LogP contribution in [-0.4, -0.2) is 19.1 Å². The zero-order valence-corrected chi connectivity index (χ0v) is 13.4. The van der Waals surface area contributed by atoms with Crippen LogP contribution < -0.4 is 10.6 Å². The lowest BCUT2D eigenvalue weighted by atomic mass is 9.88. The summed E-state index contributed by atoms with van der Waals surface area (Å²) in [6.45, 7) is 3.52. The highest BCUT2D eigenvalue weighted by Gasteiger charge is 2.34. The molecule has 1 saturated heterocycles. The zero-order valence-electron chi connectivity index (χ0n) is 12.7. The van der Waals surface area contributed by atoms with Crippen LogP contribution in [-0.2, 0) is 6.18 Å². The van der Waals surface area contributed by atoms with Crippen LogP contribution in [0.2, 0.25) is 5.02 Å². The monoisotopic (exact) mass is 334 g/mol. The summed E-state index contributed by atoms with van der Waals surface area (Å²) in [6, 6.07) is 4.27. The zero-order chi connectivity index (χ0) is 16.3. The largest absolute Gasteiger partial charge is 0.417 e. The van der Waals surface area contributed by atoms with Gasteiger partial charge in [0.15, 0.2) is 0 Å². The molecule has 2 nitrogen and oxygen atoms in total. The second-order valence-electron chi connectivity index (χ2n) is 5.96. The van der Waals surface area contributed by atoms with Gasteiger partial charge < -0.3 is 10.6 Å². The lowest BCUT2D eigenvalue weighted by molar-refractivity contribution is -0.137. The van der Waals surface area contributed by atoms with Gasteiger partial charge in [-0.25, -0.2) is 0 Å². The van der Waals surface area contributed by atoms with E-state index in [1.54, 1.807) is 6.07 Å². The first-order chi connectivity index (χ1) is 10.3. The molecule has 1 heterocycles. The highest BCUT2D eigenvalue weighted by molar-refractivity contribution is 6.31. The van der Waals surface area contributed by atoms with Crippen molar-refractivity contribution in [2.24, 2.45) is 11.7 Å². The van der Waals surface area contributed by atoms with E-state index < -0.39 is 11.7 Å². The molecule has 0 aromatic heterocycles. The number of hydrogen-bond acceptors (Lipinski definition) is 2. The summed E-state index contributed by atoms with van der Waals surface area (Å²) in [5.74, 6) is 0.332. The predicted octanol–water partition coefficient (Wildman–Crippen LogP) is 4.70. The predicted molar refractivity (Wildman–Crippen MR) is 84.3 cm³/mol. The van der Waals surface area contributed by atoms with Crippen LogP contribution in [0.15, 0.2) is 18.2 Å². The van der Waals surface area contributed by atoms with E-state index in [2.05, 4.69) is 6.92 Å². The van der Waals surface area contributed by atoms with Gasteiger partial charge in [-0.3, -0.25) is 0 Å². The van der Waals surface area contributed by atoms with Gasteiger partial charge in [-0.05, 0) is 37.0 Å². The molecule has 2 atom stereocenters. The summed E-state index contributed by atoms with van der Waals surface area (Å²) in [5.41, 5.74) is 5.96. The van der Waals surface area contributed by atoms with Crippen molar-refractivity contribution in [2.75, 3.05) is 18.0 Å². The van der Waals surface area contributed by atoms with Gasteiger partial charge in [0, 0.05) is 24.8 Å². The summed E-state index contributed by atoms with van der Waals surface area (Å²) in [5, 5.41) is -0.257. The third-order valence-electron chi connectivity index (χ3n) is 4.34. The minimum Gasteiger partial charge on any atom is -0.371 e. The molecule has 0 bridgehead atoms. The Morgan fingerprint density at radius 3 is 2.73 bits per heavy atom. The molecule has 1 aliphatic rings. The van der Waals surface area contributed by atoms with E-state index >= 15 is 0 Å². The molecule has 0 amide bonds. The number of anilines is 1. The van der Waals surface area contributed by atoms with Crippen LogP contribution in [0.1, 0.15) is 38.2 Å².